The van der Waals surface area contributed by atoms with E-state index in [9.17, 15) is 8.60 Å². The number of aryl methyl sites for hydroxylation is 1. The van der Waals surface area contributed by atoms with Gasteiger partial charge in [-0.25, -0.2) is 8.60 Å². The van der Waals surface area contributed by atoms with Gasteiger partial charge in [-0.1, -0.05) is 17.7 Å². The molecule has 0 saturated heterocycles. The highest BCUT2D eigenvalue weighted by Gasteiger charge is 2.23. The fourth-order valence-corrected chi connectivity index (χ4v) is 4.49. The minimum Gasteiger partial charge on any atom is -0.312 e. The molecule has 0 fully saturated rings. The molecule has 0 radical (unpaired) electrons. The molecule has 23 heavy (non-hydrogen) atoms. The van der Waals surface area contributed by atoms with Gasteiger partial charge in [0.05, 0.1) is 10.4 Å². The Kier molecular flexibility index (Phi) is 3.54. The van der Waals surface area contributed by atoms with Crippen molar-refractivity contribution in [3.05, 3.63) is 65.1 Å². The molecule has 3 aromatic rings. The molecule has 4 rings (SSSR count). The summed E-state index contributed by atoms with van der Waals surface area (Å²) >= 11 is 0. The molecule has 0 saturated carbocycles. The maximum Gasteiger partial charge on any atom is 0.157 e. The molecule has 2 aromatic carbocycles. The van der Waals surface area contributed by atoms with E-state index >= 15 is 0 Å². The average molecular weight is 328 g/mol. The van der Waals surface area contributed by atoms with Crippen molar-refractivity contribution in [1.29, 1.82) is 0 Å². The highest BCUT2D eigenvalue weighted by Crippen LogP contribution is 2.31. The Morgan fingerprint density at radius 3 is 2.74 bits per heavy atom. The standard InChI is InChI=1S/C18H17FN2OS/c1-12-2-5-14(6-3-12)23(22)21-17-7-4-13(19)10-15(17)16-11-20-9-8-18(16)21/h2-7,10,20H,8-9,11H2,1H3. The SMILES string of the molecule is Cc1ccc(S(=O)n2c3c(c4cc(F)ccc42)CNCC3)cc1. The molecule has 1 aliphatic heterocycles. The number of aromatic nitrogens is 1. The molecule has 0 bridgehead atoms. The number of benzene rings is 2. The van der Waals surface area contributed by atoms with Gasteiger partial charge in [-0.15, -0.1) is 0 Å². The maximum atomic E-state index is 13.7. The Morgan fingerprint density at radius 2 is 1.96 bits per heavy atom. The largest absolute Gasteiger partial charge is 0.312 e. The zero-order valence-electron chi connectivity index (χ0n) is 12.8. The van der Waals surface area contributed by atoms with Crippen LogP contribution in [0.15, 0.2) is 47.4 Å². The normalized spacial score (nSPS) is 15.6. The van der Waals surface area contributed by atoms with E-state index in [1.165, 1.54) is 6.07 Å². The van der Waals surface area contributed by atoms with E-state index in [4.69, 9.17) is 0 Å². The Hall–Kier alpha value is -1.98. The summed E-state index contributed by atoms with van der Waals surface area (Å²) in [6, 6.07) is 12.4. The summed E-state index contributed by atoms with van der Waals surface area (Å²) in [7, 11) is -1.33. The smallest absolute Gasteiger partial charge is 0.157 e. The Morgan fingerprint density at radius 1 is 1.17 bits per heavy atom. The van der Waals surface area contributed by atoms with Crippen molar-refractivity contribution in [2.75, 3.05) is 6.54 Å². The predicted octanol–water partition coefficient (Wildman–Crippen LogP) is 3.31. The average Bonchev–Trinajstić information content (AvgIpc) is 2.89. The third-order valence-electron chi connectivity index (χ3n) is 4.32. The molecule has 118 valence electrons. The topological polar surface area (TPSA) is 34.0 Å². The van der Waals surface area contributed by atoms with Gasteiger partial charge < -0.3 is 5.32 Å². The zero-order chi connectivity index (χ0) is 16.0. The van der Waals surface area contributed by atoms with E-state index in [1.54, 1.807) is 12.1 Å². The van der Waals surface area contributed by atoms with Gasteiger partial charge in [-0.3, -0.25) is 3.97 Å². The number of fused-ring (bicyclic) bond motifs is 3. The van der Waals surface area contributed by atoms with Gasteiger partial charge in [0.15, 0.2) is 11.0 Å². The first-order valence-corrected chi connectivity index (χ1v) is 8.77. The van der Waals surface area contributed by atoms with Crippen LogP contribution in [-0.4, -0.2) is 14.7 Å². The van der Waals surface area contributed by atoms with Crippen molar-refractivity contribution in [1.82, 2.24) is 9.29 Å². The lowest BCUT2D eigenvalue weighted by molar-refractivity contribution is 0.627. The second-order valence-electron chi connectivity index (χ2n) is 5.87. The van der Waals surface area contributed by atoms with Gasteiger partial charge >= 0.3 is 0 Å². The lowest BCUT2D eigenvalue weighted by atomic mass is 10.1. The van der Waals surface area contributed by atoms with Crippen LogP contribution in [-0.2, 0) is 24.0 Å². The van der Waals surface area contributed by atoms with E-state index in [0.717, 1.165) is 45.6 Å². The van der Waals surface area contributed by atoms with Crippen molar-refractivity contribution >= 4 is 21.9 Å². The molecule has 0 aliphatic carbocycles. The van der Waals surface area contributed by atoms with Crippen molar-refractivity contribution in [2.24, 2.45) is 0 Å². The van der Waals surface area contributed by atoms with Crippen LogP contribution in [0.2, 0.25) is 0 Å². The predicted molar refractivity (Wildman–Crippen MR) is 90.3 cm³/mol. The van der Waals surface area contributed by atoms with Crippen LogP contribution in [0.1, 0.15) is 16.8 Å². The number of hydrogen-bond donors (Lipinski definition) is 1. The lowest BCUT2D eigenvalue weighted by Crippen LogP contribution is -2.25. The lowest BCUT2D eigenvalue weighted by Gasteiger charge is -2.16. The summed E-state index contributed by atoms with van der Waals surface area (Å²) < 4.78 is 28.7. The number of halogens is 1. The van der Waals surface area contributed by atoms with Crippen LogP contribution in [0.25, 0.3) is 10.9 Å². The molecule has 1 unspecified atom stereocenters. The van der Waals surface area contributed by atoms with Crippen LogP contribution in [0.4, 0.5) is 4.39 Å². The molecular formula is C18H17FN2OS. The molecule has 1 aromatic heterocycles. The fraction of sp³-hybridized carbons (Fsp3) is 0.222. The van der Waals surface area contributed by atoms with E-state index in [-0.39, 0.29) is 5.82 Å². The molecule has 5 heteroatoms. The summed E-state index contributed by atoms with van der Waals surface area (Å²) in [5, 5.41) is 4.17. The van der Waals surface area contributed by atoms with Crippen LogP contribution >= 0.6 is 0 Å². The van der Waals surface area contributed by atoms with Gasteiger partial charge in [-0.05, 0) is 42.8 Å². The Balaban J connectivity index is 1.95. The number of nitrogens with zero attached hydrogens (tertiary/aromatic N) is 1. The zero-order valence-corrected chi connectivity index (χ0v) is 13.6. The highest BCUT2D eigenvalue weighted by molar-refractivity contribution is 7.83. The Bertz CT molecular complexity index is 915. The number of nitrogens with one attached hydrogen (secondary N) is 1. The number of rotatable bonds is 2. The van der Waals surface area contributed by atoms with Gasteiger partial charge in [0.1, 0.15) is 5.82 Å². The minimum absolute atomic E-state index is 0.260. The monoisotopic (exact) mass is 328 g/mol. The Labute approximate surface area is 136 Å². The van der Waals surface area contributed by atoms with Crippen LogP contribution in [0.5, 0.6) is 0 Å². The molecule has 0 spiro atoms. The van der Waals surface area contributed by atoms with Crippen LogP contribution in [0.3, 0.4) is 0 Å². The van der Waals surface area contributed by atoms with Gasteiger partial charge in [-0.2, -0.15) is 0 Å². The molecule has 0 amide bonds. The summed E-state index contributed by atoms with van der Waals surface area (Å²) in [6.07, 6.45) is 0.795. The van der Waals surface area contributed by atoms with Crippen molar-refractivity contribution in [3.63, 3.8) is 0 Å². The summed E-state index contributed by atoms with van der Waals surface area (Å²) in [6.45, 7) is 3.54. The molecular weight excluding hydrogens is 311 g/mol. The summed E-state index contributed by atoms with van der Waals surface area (Å²) in [4.78, 5) is 0.762. The minimum atomic E-state index is -1.33. The van der Waals surface area contributed by atoms with Crippen molar-refractivity contribution < 1.29 is 8.60 Å². The summed E-state index contributed by atoms with van der Waals surface area (Å²) in [5.74, 6) is -0.260. The second kappa shape index (κ2) is 5.58. The van der Waals surface area contributed by atoms with Crippen molar-refractivity contribution in [2.45, 2.75) is 24.8 Å². The highest BCUT2D eigenvalue weighted by atomic mass is 32.2. The molecule has 1 aliphatic rings. The first-order chi connectivity index (χ1) is 11.1. The summed E-state index contributed by atoms with van der Waals surface area (Å²) in [5.41, 5.74) is 4.07. The van der Waals surface area contributed by atoms with E-state index < -0.39 is 11.0 Å². The molecule has 3 nitrogen and oxygen atoms in total. The first-order valence-electron chi connectivity index (χ1n) is 7.66. The van der Waals surface area contributed by atoms with Crippen LogP contribution in [0, 0.1) is 12.7 Å². The second-order valence-corrected chi connectivity index (χ2v) is 7.20. The molecule has 2 heterocycles. The quantitative estimate of drug-likeness (QED) is 0.783. The van der Waals surface area contributed by atoms with Gasteiger partial charge in [0.2, 0.25) is 0 Å². The number of hydrogen-bond acceptors (Lipinski definition) is 2. The third kappa shape index (κ3) is 2.40. The molecule has 1 atom stereocenters. The van der Waals surface area contributed by atoms with E-state index in [0.29, 0.717) is 6.54 Å². The fourth-order valence-electron chi connectivity index (χ4n) is 3.17. The van der Waals surface area contributed by atoms with E-state index in [2.05, 4.69) is 5.32 Å². The third-order valence-corrected chi connectivity index (χ3v) is 5.75. The van der Waals surface area contributed by atoms with E-state index in [1.807, 2.05) is 35.2 Å². The molecule has 1 N–H and O–H groups in total. The van der Waals surface area contributed by atoms with Gasteiger partial charge in [0.25, 0.3) is 0 Å². The van der Waals surface area contributed by atoms with Crippen LogP contribution < -0.4 is 5.32 Å². The maximum absolute atomic E-state index is 13.7. The van der Waals surface area contributed by atoms with Gasteiger partial charge in [0, 0.05) is 30.6 Å². The van der Waals surface area contributed by atoms with Crippen molar-refractivity contribution in [3.8, 4) is 0 Å². The first kappa shape index (κ1) is 14.6.